The molecular weight excluding hydrogens is 288 g/mol. The molecule has 120 valence electrons. The van der Waals surface area contributed by atoms with Crippen molar-refractivity contribution >= 4 is 15.9 Å². The minimum atomic E-state index is -3.10. The van der Waals surface area contributed by atoms with E-state index in [1.807, 2.05) is 0 Å². The monoisotopic (exact) mass is 314 g/mol. The van der Waals surface area contributed by atoms with Crippen LogP contribution in [0.25, 0.3) is 0 Å². The van der Waals surface area contributed by atoms with Gasteiger partial charge in [0.05, 0.1) is 5.75 Å². The summed E-state index contributed by atoms with van der Waals surface area (Å²) < 4.78 is 25.2. The lowest BCUT2D eigenvalue weighted by Gasteiger charge is -2.32. The molecule has 1 heterocycles. The number of carbonyl (C=O) groups is 1. The van der Waals surface area contributed by atoms with Crippen molar-refractivity contribution in [2.75, 3.05) is 18.8 Å². The van der Waals surface area contributed by atoms with E-state index in [0.29, 0.717) is 37.9 Å². The van der Waals surface area contributed by atoms with E-state index in [0.717, 1.165) is 12.3 Å². The van der Waals surface area contributed by atoms with Crippen molar-refractivity contribution in [3.05, 3.63) is 0 Å². The summed E-state index contributed by atoms with van der Waals surface area (Å²) in [6.45, 7) is 2.65. The van der Waals surface area contributed by atoms with Crippen molar-refractivity contribution in [1.29, 1.82) is 0 Å². The molecule has 21 heavy (non-hydrogen) atoms. The second kappa shape index (κ2) is 5.88. The van der Waals surface area contributed by atoms with E-state index >= 15 is 0 Å². The molecule has 2 saturated carbocycles. The Morgan fingerprint density at radius 1 is 1.14 bits per heavy atom. The Labute approximate surface area is 127 Å². The summed E-state index contributed by atoms with van der Waals surface area (Å²) in [4.78, 5) is 12.4. The van der Waals surface area contributed by atoms with E-state index in [-0.39, 0.29) is 17.6 Å². The molecule has 2 aliphatic carbocycles. The second-order valence-corrected chi connectivity index (χ2v) is 9.12. The number of nitrogens with zero attached hydrogens (tertiary/aromatic N) is 1. The van der Waals surface area contributed by atoms with Gasteiger partial charge in [-0.05, 0) is 50.9 Å². The summed E-state index contributed by atoms with van der Waals surface area (Å²) in [6.07, 6.45) is 6.36. The van der Waals surface area contributed by atoms with Crippen molar-refractivity contribution in [2.24, 2.45) is 17.8 Å². The zero-order chi connectivity index (χ0) is 15.0. The number of carbonyl (C=O) groups excluding carboxylic acids is 1. The Balaban J connectivity index is 1.49. The zero-order valence-corrected chi connectivity index (χ0v) is 13.6. The van der Waals surface area contributed by atoms with Gasteiger partial charge in [0.1, 0.15) is 0 Å². The quantitative estimate of drug-likeness (QED) is 0.852. The van der Waals surface area contributed by atoms with Crippen molar-refractivity contribution in [2.45, 2.75) is 51.5 Å². The van der Waals surface area contributed by atoms with Crippen LogP contribution in [0.4, 0.5) is 0 Å². The molecule has 0 spiro atoms. The number of piperidine rings is 1. The maximum atomic E-state index is 12.4. The van der Waals surface area contributed by atoms with Crippen LogP contribution in [0.3, 0.4) is 0 Å². The number of hydrogen-bond donors (Lipinski definition) is 1. The fourth-order valence-electron chi connectivity index (χ4n) is 4.30. The molecule has 6 heteroatoms. The van der Waals surface area contributed by atoms with Crippen LogP contribution in [0, 0.1) is 17.8 Å². The smallest absolute Gasteiger partial charge is 0.223 e. The van der Waals surface area contributed by atoms with Crippen LogP contribution in [0.2, 0.25) is 0 Å². The molecule has 3 unspecified atom stereocenters. The summed E-state index contributed by atoms with van der Waals surface area (Å²) in [6, 6.07) is 0.383. The van der Waals surface area contributed by atoms with Crippen LogP contribution in [0.5, 0.6) is 0 Å². The van der Waals surface area contributed by atoms with Crippen LogP contribution in [-0.4, -0.2) is 43.5 Å². The molecule has 1 aliphatic heterocycles. The number of hydrogen-bond acceptors (Lipinski definition) is 3. The average molecular weight is 314 g/mol. The first kappa shape index (κ1) is 15.3. The topological polar surface area (TPSA) is 66.5 Å². The lowest BCUT2D eigenvalue weighted by Crippen LogP contribution is -2.46. The van der Waals surface area contributed by atoms with Gasteiger partial charge in [-0.3, -0.25) is 4.79 Å². The molecule has 1 amide bonds. The highest BCUT2D eigenvalue weighted by Gasteiger charge is 2.41. The number of rotatable bonds is 4. The Kier molecular flexibility index (Phi) is 4.28. The summed E-state index contributed by atoms with van der Waals surface area (Å²) >= 11 is 0. The third kappa shape index (κ3) is 3.11. The molecule has 1 N–H and O–H groups in total. The van der Waals surface area contributed by atoms with Gasteiger partial charge in [0, 0.05) is 25.0 Å². The molecular formula is C15H26N2O3S. The molecule has 3 rings (SSSR count). The number of sulfonamides is 1. The van der Waals surface area contributed by atoms with Crippen molar-refractivity contribution < 1.29 is 13.2 Å². The molecule has 3 atom stereocenters. The fraction of sp³-hybridized carbons (Fsp3) is 0.933. The van der Waals surface area contributed by atoms with E-state index < -0.39 is 10.0 Å². The molecule has 3 fully saturated rings. The maximum absolute atomic E-state index is 12.4. The first-order valence-corrected chi connectivity index (χ1v) is 9.88. The molecule has 0 aromatic rings. The molecule has 5 nitrogen and oxygen atoms in total. The maximum Gasteiger partial charge on any atom is 0.223 e. The zero-order valence-electron chi connectivity index (χ0n) is 12.8. The van der Waals surface area contributed by atoms with Crippen LogP contribution in [-0.2, 0) is 14.8 Å². The van der Waals surface area contributed by atoms with Gasteiger partial charge in [-0.1, -0.05) is 6.42 Å². The third-order valence-corrected chi connectivity index (χ3v) is 7.53. The van der Waals surface area contributed by atoms with Gasteiger partial charge >= 0.3 is 0 Å². The molecule has 0 radical (unpaired) electrons. The average Bonchev–Trinajstić information content (AvgIpc) is 3.10. The highest BCUT2D eigenvalue weighted by atomic mass is 32.2. The van der Waals surface area contributed by atoms with Crippen molar-refractivity contribution in [3.63, 3.8) is 0 Å². The van der Waals surface area contributed by atoms with E-state index in [9.17, 15) is 13.2 Å². The second-order valence-electron chi connectivity index (χ2n) is 6.86. The van der Waals surface area contributed by atoms with E-state index in [1.54, 1.807) is 6.92 Å². The molecule has 3 aliphatic rings. The van der Waals surface area contributed by atoms with Crippen LogP contribution < -0.4 is 5.32 Å². The lowest BCUT2D eigenvalue weighted by molar-refractivity contribution is -0.127. The van der Waals surface area contributed by atoms with Gasteiger partial charge in [-0.15, -0.1) is 0 Å². The highest BCUT2D eigenvalue weighted by molar-refractivity contribution is 7.89. The molecule has 0 aromatic carbocycles. The van der Waals surface area contributed by atoms with Crippen LogP contribution >= 0.6 is 0 Å². The third-order valence-electron chi connectivity index (χ3n) is 5.65. The predicted octanol–water partition coefficient (Wildman–Crippen LogP) is 1.35. The Morgan fingerprint density at radius 2 is 1.86 bits per heavy atom. The summed E-state index contributed by atoms with van der Waals surface area (Å²) in [7, 11) is -3.10. The van der Waals surface area contributed by atoms with Gasteiger partial charge in [0.25, 0.3) is 0 Å². The minimum absolute atomic E-state index is 0.00701. The fourth-order valence-corrected chi connectivity index (χ4v) is 5.43. The number of fused-ring (bicyclic) bond motifs is 2. The predicted molar refractivity (Wildman–Crippen MR) is 81.1 cm³/mol. The Morgan fingerprint density at radius 3 is 2.38 bits per heavy atom. The number of nitrogens with one attached hydrogen (secondary N) is 1. The van der Waals surface area contributed by atoms with Gasteiger partial charge in [0.2, 0.25) is 15.9 Å². The minimum Gasteiger partial charge on any atom is -0.353 e. The largest absolute Gasteiger partial charge is 0.353 e. The standard InChI is InChI=1S/C15H26N2O3S/c1-2-21(19,20)17-7-5-12(6-8-17)15(18)16-14-10-11-3-4-13(14)9-11/h11-14H,2-10H2,1H3,(H,16,18). The molecule has 0 aromatic heterocycles. The molecule has 2 bridgehead atoms. The van der Waals surface area contributed by atoms with Crippen LogP contribution in [0.15, 0.2) is 0 Å². The first-order valence-electron chi connectivity index (χ1n) is 8.27. The Hall–Kier alpha value is -0.620. The summed E-state index contributed by atoms with van der Waals surface area (Å²) in [5.41, 5.74) is 0. The van der Waals surface area contributed by atoms with Crippen molar-refractivity contribution in [3.8, 4) is 0 Å². The van der Waals surface area contributed by atoms with Gasteiger partial charge in [0.15, 0.2) is 0 Å². The summed E-state index contributed by atoms with van der Waals surface area (Å²) in [5.74, 6) is 1.82. The summed E-state index contributed by atoms with van der Waals surface area (Å²) in [5, 5.41) is 3.24. The van der Waals surface area contributed by atoms with E-state index in [4.69, 9.17) is 0 Å². The Bertz CT molecular complexity index is 497. The van der Waals surface area contributed by atoms with Crippen molar-refractivity contribution in [1.82, 2.24) is 9.62 Å². The van der Waals surface area contributed by atoms with E-state index in [2.05, 4.69) is 5.32 Å². The van der Waals surface area contributed by atoms with Gasteiger partial charge in [-0.2, -0.15) is 0 Å². The lowest BCUT2D eigenvalue weighted by atomic mass is 9.93. The highest BCUT2D eigenvalue weighted by Crippen LogP contribution is 2.44. The van der Waals surface area contributed by atoms with Gasteiger partial charge in [-0.25, -0.2) is 12.7 Å². The van der Waals surface area contributed by atoms with Crippen LogP contribution in [0.1, 0.15) is 45.4 Å². The SMILES string of the molecule is CCS(=O)(=O)N1CCC(C(=O)NC2CC3CCC2C3)CC1. The first-order chi connectivity index (χ1) is 9.99. The van der Waals surface area contributed by atoms with Gasteiger partial charge < -0.3 is 5.32 Å². The normalized spacial score (nSPS) is 34.2. The molecule has 1 saturated heterocycles. The van der Waals surface area contributed by atoms with E-state index in [1.165, 1.54) is 23.6 Å². The number of amides is 1.